The molecule has 1 heterocycles. The van der Waals surface area contributed by atoms with Crippen molar-refractivity contribution >= 4 is 17.3 Å². The molecular weight excluding hydrogens is 234 g/mol. The fourth-order valence-corrected chi connectivity index (χ4v) is 1.85. The maximum absolute atomic E-state index is 5.74. The van der Waals surface area contributed by atoms with Crippen LogP contribution in [0.1, 0.15) is 11.4 Å². The van der Waals surface area contributed by atoms with E-state index in [0.717, 1.165) is 30.2 Å². The zero-order valence-corrected chi connectivity index (χ0v) is 10.6. The number of alkyl halides is 1. The molecule has 0 atom stereocenters. The maximum atomic E-state index is 5.74. The van der Waals surface area contributed by atoms with E-state index >= 15 is 0 Å². The van der Waals surface area contributed by atoms with Crippen molar-refractivity contribution < 1.29 is 0 Å². The molecule has 0 spiro atoms. The average Bonchev–Trinajstić information content (AvgIpc) is 2.76. The highest BCUT2D eigenvalue weighted by atomic mass is 35.5. The van der Waals surface area contributed by atoms with Gasteiger partial charge in [-0.05, 0) is 24.6 Å². The fourth-order valence-electron chi connectivity index (χ4n) is 1.67. The molecule has 0 fully saturated rings. The highest BCUT2D eigenvalue weighted by molar-refractivity contribution is 6.17. The molecule has 90 valence electrons. The van der Waals surface area contributed by atoms with E-state index < -0.39 is 0 Å². The Balaban J connectivity index is 1.83. The van der Waals surface area contributed by atoms with Gasteiger partial charge in [-0.1, -0.05) is 12.1 Å². The lowest BCUT2D eigenvalue weighted by Gasteiger charge is -2.08. The first-order chi connectivity index (χ1) is 8.29. The van der Waals surface area contributed by atoms with Gasteiger partial charge < -0.3 is 9.88 Å². The second kappa shape index (κ2) is 5.73. The Labute approximate surface area is 106 Å². The van der Waals surface area contributed by atoms with Crippen LogP contribution in [-0.2, 0) is 12.4 Å². The Morgan fingerprint density at radius 2 is 2.06 bits per heavy atom. The Morgan fingerprint density at radius 1 is 1.29 bits per heavy atom. The van der Waals surface area contributed by atoms with Gasteiger partial charge in [0.2, 0.25) is 0 Å². The van der Waals surface area contributed by atoms with Crippen molar-refractivity contribution in [3.63, 3.8) is 0 Å². The standard InChI is InChI=1S/C13H16ClN3/c1-11-15-6-8-17(11)9-7-16-13-4-2-12(10-14)3-5-13/h2-6,8,16H,7,9-10H2,1H3. The topological polar surface area (TPSA) is 29.9 Å². The van der Waals surface area contributed by atoms with Crippen LogP contribution in [0.15, 0.2) is 36.7 Å². The third kappa shape index (κ3) is 3.24. The molecule has 1 aromatic carbocycles. The normalized spacial score (nSPS) is 10.5. The van der Waals surface area contributed by atoms with Crippen LogP contribution in [0.5, 0.6) is 0 Å². The number of imidazole rings is 1. The number of benzene rings is 1. The number of halogens is 1. The van der Waals surface area contributed by atoms with Crippen LogP contribution in [-0.4, -0.2) is 16.1 Å². The predicted molar refractivity (Wildman–Crippen MR) is 71.5 cm³/mol. The van der Waals surface area contributed by atoms with Gasteiger partial charge in [-0.15, -0.1) is 11.6 Å². The molecule has 0 saturated carbocycles. The molecule has 0 radical (unpaired) electrons. The van der Waals surface area contributed by atoms with Gasteiger partial charge in [-0.2, -0.15) is 0 Å². The molecule has 0 unspecified atom stereocenters. The van der Waals surface area contributed by atoms with Gasteiger partial charge in [-0.25, -0.2) is 4.98 Å². The fraction of sp³-hybridized carbons (Fsp3) is 0.308. The third-order valence-corrected chi connectivity index (χ3v) is 3.02. The van der Waals surface area contributed by atoms with E-state index in [1.165, 1.54) is 0 Å². The van der Waals surface area contributed by atoms with E-state index in [2.05, 4.69) is 27.0 Å². The summed E-state index contributed by atoms with van der Waals surface area (Å²) in [7, 11) is 0. The Morgan fingerprint density at radius 3 is 2.65 bits per heavy atom. The summed E-state index contributed by atoms with van der Waals surface area (Å²) in [5.41, 5.74) is 2.26. The summed E-state index contributed by atoms with van der Waals surface area (Å²) in [6, 6.07) is 8.19. The molecule has 0 saturated heterocycles. The molecule has 1 aromatic heterocycles. The Kier molecular flexibility index (Phi) is 4.04. The molecule has 0 aliphatic rings. The van der Waals surface area contributed by atoms with Crippen LogP contribution in [0.25, 0.3) is 0 Å². The second-order valence-electron chi connectivity index (χ2n) is 3.93. The SMILES string of the molecule is Cc1nccn1CCNc1ccc(CCl)cc1. The monoisotopic (exact) mass is 249 g/mol. The quantitative estimate of drug-likeness (QED) is 0.826. The molecule has 3 nitrogen and oxygen atoms in total. The molecule has 0 amide bonds. The largest absolute Gasteiger partial charge is 0.383 e. The minimum absolute atomic E-state index is 0.564. The van der Waals surface area contributed by atoms with Gasteiger partial charge in [0.15, 0.2) is 0 Å². The summed E-state index contributed by atoms with van der Waals surface area (Å²) < 4.78 is 2.13. The van der Waals surface area contributed by atoms with Crippen molar-refractivity contribution in [2.24, 2.45) is 0 Å². The van der Waals surface area contributed by atoms with Gasteiger partial charge in [0.1, 0.15) is 5.82 Å². The van der Waals surface area contributed by atoms with Crippen molar-refractivity contribution in [3.05, 3.63) is 48.0 Å². The Hall–Kier alpha value is -1.48. The van der Waals surface area contributed by atoms with Crippen LogP contribution < -0.4 is 5.32 Å². The van der Waals surface area contributed by atoms with Gasteiger partial charge >= 0.3 is 0 Å². The lowest BCUT2D eigenvalue weighted by molar-refractivity contribution is 0.701. The maximum Gasteiger partial charge on any atom is 0.105 e. The zero-order valence-electron chi connectivity index (χ0n) is 9.86. The molecule has 0 aliphatic carbocycles. The van der Waals surface area contributed by atoms with Crippen molar-refractivity contribution in [3.8, 4) is 0 Å². The average molecular weight is 250 g/mol. The third-order valence-electron chi connectivity index (χ3n) is 2.71. The van der Waals surface area contributed by atoms with Gasteiger partial charge in [-0.3, -0.25) is 0 Å². The van der Waals surface area contributed by atoms with Gasteiger partial charge in [0.25, 0.3) is 0 Å². The number of anilines is 1. The Bertz CT molecular complexity index is 462. The van der Waals surface area contributed by atoms with E-state index in [0.29, 0.717) is 5.88 Å². The van der Waals surface area contributed by atoms with Crippen LogP contribution in [0.2, 0.25) is 0 Å². The van der Waals surface area contributed by atoms with E-state index in [-0.39, 0.29) is 0 Å². The van der Waals surface area contributed by atoms with Crippen molar-refractivity contribution in [1.82, 2.24) is 9.55 Å². The second-order valence-corrected chi connectivity index (χ2v) is 4.19. The van der Waals surface area contributed by atoms with E-state index in [4.69, 9.17) is 11.6 Å². The van der Waals surface area contributed by atoms with E-state index in [1.54, 1.807) is 0 Å². The molecule has 4 heteroatoms. The van der Waals surface area contributed by atoms with Crippen LogP contribution in [0.3, 0.4) is 0 Å². The summed E-state index contributed by atoms with van der Waals surface area (Å²) >= 11 is 5.74. The summed E-state index contributed by atoms with van der Waals surface area (Å²) in [6.07, 6.45) is 3.82. The summed E-state index contributed by atoms with van der Waals surface area (Å²) in [4.78, 5) is 4.19. The lowest BCUT2D eigenvalue weighted by atomic mass is 10.2. The highest BCUT2D eigenvalue weighted by Gasteiger charge is 1.96. The molecule has 0 bridgehead atoms. The minimum Gasteiger partial charge on any atom is -0.383 e. The summed E-state index contributed by atoms with van der Waals surface area (Å²) in [5, 5.41) is 3.37. The summed E-state index contributed by atoms with van der Waals surface area (Å²) in [6.45, 7) is 3.82. The first-order valence-electron chi connectivity index (χ1n) is 5.66. The van der Waals surface area contributed by atoms with Crippen LogP contribution in [0, 0.1) is 6.92 Å². The molecule has 17 heavy (non-hydrogen) atoms. The van der Waals surface area contributed by atoms with Crippen molar-refractivity contribution in [2.45, 2.75) is 19.3 Å². The smallest absolute Gasteiger partial charge is 0.105 e. The highest BCUT2D eigenvalue weighted by Crippen LogP contribution is 2.10. The van der Waals surface area contributed by atoms with E-state index in [1.807, 2.05) is 31.5 Å². The number of aromatic nitrogens is 2. The lowest BCUT2D eigenvalue weighted by Crippen LogP contribution is -2.10. The molecular formula is C13H16ClN3. The molecule has 0 aliphatic heterocycles. The van der Waals surface area contributed by atoms with Crippen molar-refractivity contribution in [1.29, 1.82) is 0 Å². The van der Waals surface area contributed by atoms with Gasteiger partial charge in [0.05, 0.1) is 0 Å². The first-order valence-corrected chi connectivity index (χ1v) is 6.19. The number of hydrogen-bond acceptors (Lipinski definition) is 2. The number of rotatable bonds is 5. The molecule has 2 rings (SSSR count). The minimum atomic E-state index is 0.564. The first kappa shape index (κ1) is 12.0. The predicted octanol–water partition coefficient (Wildman–Crippen LogP) is 3.04. The number of aryl methyl sites for hydroxylation is 1. The van der Waals surface area contributed by atoms with E-state index in [9.17, 15) is 0 Å². The van der Waals surface area contributed by atoms with Gasteiger partial charge in [0, 0.05) is 37.1 Å². The number of nitrogens with zero attached hydrogens (tertiary/aromatic N) is 2. The van der Waals surface area contributed by atoms with Crippen molar-refractivity contribution in [2.75, 3.05) is 11.9 Å². The summed E-state index contributed by atoms with van der Waals surface area (Å²) in [5.74, 6) is 1.61. The molecule has 1 N–H and O–H groups in total. The number of hydrogen-bond donors (Lipinski definition) is 1. The number of nitrogens with one attached hydrogen (secondary N) is 1. The van der Waals surface area contributed by atoms with Crippen LogP contribution in [0.4, 0.5) is 5.69 Å². The molecule has 2 aromatic rings. The zero-order chi connectivity index (χ0) is 12.1. The van der Waals surface area contributed by atoms with Crippen LogP contribution >= 0.6 is 11.6 Å².